The number of nitrogens with zero attached hydrogens (tertiary/aromatic N) is 1. The first-order chi connectivity index (χ1) is 14.8. The molecule has 1 N–H and O–H groups in total. The van der Waals surface area contributed by atoms with Crippen LogP contribution in [0.1, 0.15) is 56.6 Å². The van der Waals surface area contributed by atoms with Crippen molar-refractivity contribution in [2.75, 3.05) is 25.0 Å². The number of anilines is 1. The van der Waals surface area contributed by atoms with E-state index in [0.717, 1.165) is 36.8 Å². The highest BCUT2D eigenvalue weighted by atomic mass is 32.2. The lowest BCUT2D eigenvalue weighted by Crippen LogP contribution is -2.35. The van der Waals surface area contributed by atoms with Gasteiger partial charge in [-0.1, -0.05) is 44.5 Å². The summed E-state index contributed by atoms with van der Waals surface area (Å²) in [6.45, 7) is 7.02. The van der Waals surface area contributed by atoms with Gasteiger partial charge in [-0.3, -0.25) is 4.79 Å². The van der Waals surface area contributed by atoms with Crippen LogP contribution in [0.2, 0.25) is 0 Å². The maximum Gasteiger partial charge on any atom is 0.262 e. The van der Waals surface area contributed by atoms with E-state index in [4.69, 9.17) is 4.74 Å². The Morgan fingerprint density at radius 1 is 1.13 bits per heavy atom. The Hall–Kier alpha value is -2.38. The fraction of sp³-hybridized carbons (Fsp3) is 0.458. The third kappa shape index (κ3) is 5.66. The summed E-state index contributed by atoms with van der Waals surface area (Å²) in [5.41, 5.74) is 2.36. The number of rotatable bonds is 8. The molecule has 2 aromatic rings. The number of amides is 1. The Morgan fingerprint density at radius 2 is 1.84 bits per heavy atom. The Morgan fingerprint density at radius 3 is 2.55 bits per heavy atom. The van der Waals surface area contributed by atoms with E-state index in [1.165, 1.54) is 4.31 Å². The second kappa shape index (κ2) is 10.3. The topological polar surface area (TPSA) is 75.7 Å². The van der Waals surface area contributed by atoms with E-state index in [0.29, 0.717) is 30.4 Å². The molecule has 1 aliphatic rings. The smallest absolute Gasteiger partial charge is 0.262 e. The van der Waals surface area contributed by atoms with Crippen LogP contribution in [0.4, 0.5) is 5.69 Å². The zero-order chi connectivity index (χ0) is 22.4. The molecule has 1 atom stereocenters. The van der Waals surface area contributed by atoms with Crippen LogP contribution in [0.25, 0.3) is 0 Å². The van der Waals surface area contributed by atoms with Crippen LogP contribution in [0, 0.1) is 6.92 Å². The van der Waals surface area contributed by atoms with Gasteiger partial charge in [0.2, 0.25) is 10.0 Å². The first-order valence-electron chi connectivity index (χ1n) is 10.9. The molecule has 1 fully saturated rings. The average molecular weight is 445 g/mol. The molecule has 0 bridgehead atoms. The number of aryl methyl sites for hydroxylation is 1. The van der Waals surface area contributed by atoms with E-state index < -0.39 is 10.0 Å². The number of hydrogen-bond donors (Lipinski definition) is 1. The third-order valence-electron chi connectivity index (χ3n) is 5.86. The first kappa shape index (κ1) is 23.3. The lowest BCUT2D eigenvalue weighted by atomic mass is 9.98. The highest BCUT2D eigenvalue weighted by molar-refractivity contribution is 7.89. The molecule has 0 saturated carbocycles. The largest absolute Gasteiger partial charge is 0.483 e. The van der Waals surface area contributed by atoms with Gasteiger partial charge in [0.15, 0.2) is 6.61 Å². The van der Waals surface area contributed by atoms with Gasteiger partial charge < -0.3 is 10.1 Å². The number of carbonyl (C=O) groups excluding carboxylic acids is 1. The van der Waals surface area contributed by atoms with Crippen LogP contribution >= 0.6 is 0 Å². The summed E-state index contributed by atoms with van der Waals surface area (Å²) < 4.78 is 33.2. The number of sulfonamides is 1. The second-order valence-corrected chi connectivity index (χ2v) is 10.1. The lowest BCUT2D eigenvalue weighted by molar-refractivity contribution is -0.118. The summed E-state index contributed by atoms with van der Waals surface area (Å²) in [7, 11) is -3.56. The Balaban J connectivity index is 1.70. The average Bonchev–Trinajstić information content (AvgIpc) is 2.79. The SMILES string of the molecule is CCC(C)c1ccccc1OCC(=O)Nc1cc(S(=O)(=O)N2CCCCC2)ccc1C. The molecule has 0 spiro atoms. The van der Waals surface area contributed by atoms with Crippen LogP contribution in [0.15, 0.2) is 47.4 Å². The fourth-order valence-corrected chi connectivity index (χ4v) is 5.26. The highest BCUT2D eigenvalue weighted by Gasteiger charge is 2.26. The number of nitrogens with one attached hydrogen (secondary N) is 1. The van der Waals surface area contributed by atoms with Gasteiger partial charge >= 0.3 is 0 Å². The number of para-hydroxylation sites is 1. The summed E-state index contributed by atoms with van der Waals surface area (Å²) in [4.78, 5) is 12.8. The number of piperidine rings is 1. The fourth-order valence-electron chi connectivity index (χ4n) is 3.72. The van der Waals surface area contributed by atoms with Crippen molar-refractivity contribution in [3.05, 3.63) is 53.6 Å². The molecule has 0 aliphatic carbocycles. The predicted molar refractivity (Wildman–Crippen MR) is 123 cm³/mol. The molecule has 168 valence electrons. The summed E-state index contributed by atoms with van der Waals surface area (Å²) in [6, 6.07) is 12.6. The van der Waals surface area contributed by atoms with Crippen LogP contribution in [-0.4, -0.2) is 38.3 Å². The van der Waals surface area contributed by atoms with Crippen molar-refractivity contribution in [3.8, 4) is 5.75 Å². The van der Waals surface area contributed by atoms with Gasteiger partial charge in [0, 0.05) is 18.8 Å². The van der Waals surface area contributed by atoms with Crippen molar-refractivity contribution in [2.24, 2.45) is 0 Å². The summed E-state index contributed by atoms with van der Waals surface area (Å²) in [6.07, 6.45) is 3.79. The Bertz CT molecular complexity index is 1010. The van der Waals surface area contributed by atoms with E-state index in [1.807, 2.05) is 31.2 Å². The zero-order valence-corrected chi connectivity index (χ0v) is 19.4. The van der Waals surface area contributed by atoms with Gasteiger partial charge in [-0.05, 0) is 61.4 Å². The molecule has 0 aromatic heterocycles. The minimum absolute atomic E-state index is 0.143. The standard InChI is InChI=1S/C24H32N2O4S/c1-4-18(2)21-10-6-7-11-23(21)30-17-24(27)25-22-16-20(13-12-19(22)3)31(28,29)26-14-8-5-9-15-26/h6-7,10-13,16,18H,4-5,8-9,14-15,17H2,1-3H3,(H,25,27). The van der Waals surface area contributed by atoms with Gasteiger partial charge in [0.05, 0.1) is 4.90 Å². The number of ether oxygens (including phenoxy) is 1. The van der Waals surface area contributed by atoms with Crippen molar-refractivity contribution in [1.82, 2.24) is 4.31 Å². The van der Waals surface area contributed by atoms with E-state index in [-0.39, 0.29) is 17.4 Å². The summed E-state index contributed by atoms with van der Waals surface area (Å²) in [5, 5.41) is 2.81. The number of benzene rings is 2. The van der Waals surface area contributed by atoms with Gasteiger partial charge in [-0.15, -0.1) is 0 Å². The van der Waals surface area contributed by atoms with Crippen molar-refractivity contribution in [3.63, 3.8) is 0 Å². The molecule has 1 unspecified atom stereocenters. The Labute approximate surface area is 185 Å². The third-order valence-corrected chi connectivity index (χ3v) is 7.75. The molecule has 31 heavy (non-hydrogen) atoms. The van der Waals surface area contributed by atoms with Gasteiger partial charge in [-0.25, -0.2) is 8.42 Å². The summed E-state index contributed by atoms with van der Waals surface area (Å²) in [5.74, 6) is 0.706. The van der Waals surface area contributed by atoms with Crippen LogP contribution in [0.5, 0.6) is 5.75 Å². The molecule has 2 aromatic carbocycles. The van der Waals surface area contributed by atoms with E-state index in [9.17, 15) is 13.2 Å². The molecule has 1 amide bonds. The van der Waals surface area contributed by atoms with Crippen LogP contribution in [0.3, 0.4) is 0 Å². The van der Waals surface area contributed by atoms with Crippen molar-refractivity contribution < 1.29 is 17.9 Å². The molecule has 0 radical (unpaired) electrons. The van der Waals surface area contributed by atoms with E-state index in [2.05, 4.69) is 19.2 Å². The normalized spacial score (nSPS) is 16.0. The van der Waals surface area contributed by atoms with E-state index >= 15 is 0 Å². The molecule has 3 rings (SSSR count). The van der Waals surface area contributed by atoms with Gasteiger partial charge in [0.25, 0.3) is 5.91 Å². The maximum atomic E-state index is 13.0. The van der Waals surface area contributed by atoms with Crippen molar-refractivity contribution in [2.45, 2.75) is 57.3 Å². The molecule has 7 heteroatoms. The molecule has 6 nitrogen and oxygen atoms in total. The van der Waals surface area contributed by atoms with Crippen molar-refractivity contribution in [1.29, 1.82) is 0 Å². The second-order valence-electron chi connectivity index (χ2n) is 8.13. The minimum Gasteiger partial charge on any atom is -0.483 e. The quantitative estimate of drug-likeness (QED) is 0.640. The molecular formula is C24H32N2O4S. The first-order valence-corrected chi connectivity index (χ1v) is 12.4. The van der Waals surface area contributed by atoms with Crippen LogP contribution in [-0.2, 0) is 14.8 Å². The highest BCUT2D eigenvalue weighted by Crippen LogP contribution is 2.29. The number of hydrogen-bond acceptors (Lipinski definition) is 4. The molecule has 1 aliphatic heterocycles. The predicted octanol–water partition coefficient (Wildman–Crippen LogP) is 4.70. The summed E-state index contributed by atoms with van der Waals surface area (Å²) >= 11 is 0. The minimum atomic E-state index is -3.56. The maximum absolute atomic E-state index is 13.0. The Kier molecular flexibility index (Phi) is 7.73. The van der Waals surface area contributed by atoms with Crippen LogP contribution < -0.4 is 10.1 Å². The molecule has 1 heterocycles. The monoisotopic (exact) mass is 444 g/mol. The molecular weight excluding hydrogens is 412 g/mol. The lowest BCUT2D eigenvalue weighted by Gasteiger charge is -2.26. The number of carbonyl (C=O) groups is 1. The van der Waals surface area contributed by atoms with E-state index in [1.54, 1.807) is 18.2 Å². The zero-order valence-electron chi connectivity index (χ0n) is 18.6. The van der Waals surface area contributed by atoms with Gasteiger partial charge in [0.1, 0.15) is 5.75 Å². The molecule has 1 saturated heterocycles. The van der Waals surface area contributed by atoms with Crippen molar-refractivity contribution >= 4 is 21.6 Å². The van der Waals surface area contributed by atoms with Gasteiger partial charge in [-0.2, -0.15) is 4.31 Å².